The van der Waals surface area contributed by atoms with Gasteiger partial charge in [0, 0.05) is 32.2 Å². The highest BCUT2D eigenvalue weighted by Gasteiger charge is 2.78. The minimum atomic E-state index is -2.21. The van der Waals surface area contributed by atoms with E-state index in [9.17, 15) is 25.2 Å². The molecule has 9 atom stereocenters. The Labute approximate surface area is 271 Å². The quantitative estimate of drug-likeness (QED) is 0.212. The van der Waals surface area contributed by atoms with Crippen LogP contribution in [0.3, 0.4) is 0 Å². The minimum absolute atomic E-state index is 0.0423. The second-order valence-corrected chi connectivity index (χ2v) is 11.7. The molecule has 0 aromatic heterocycles. The van der Waals surface area contributed by atoms with Crippen LogP contribution in [0, 0.1) is 5.92 Å². The van der Waals surface area contributed by atoms with Crippen molar-refractivity contribution in [3.63, 3.8) is 0 Å². The van der Waals surface area contributed by atoms with Gasteiger partial charge in [0.1, 0.15) is 41.3 Å². The van der Waals surface area contributed by atoms with Crippen molar-refractivity contribution in [1.82, 2.24) is 5.32 Å². The van der Waals surface area contributed by atoms with Gasteiger partial charge in [-0.2, -0.15) is 0 Å². The number of amides is 1. The summed E-state index contributed by atoms with van der Waals surface area (Å²) in [5, 5.41) is 47.4. The Morgan fingerprint density at radius 3 is 2.36 bits per heavy atom. The van der Waals surface area contributed by atoms with Crippen molar-refractivity contribution in [2.24, 2.45) is 5.92 Å². The lowest BCUT2D eigenvalue weighted by atomic mass is 9.70. The van der Waals surface area contributed by atoms with Gasteiger partial charge in [-0.1, -0.05) is 42.5 Å². The van der Waals surface area contributed by atoms with Crippen molar-refractivity contribution in [2.75, 3.05) is 41.6 Å². The second kappa shape index (κ2) is 12.9. The highest BCUT2D eigenvalue weighted by atomic mass is 16.8. The number of methoxy groups -OCH3 is 3. The summed E-state index contributed by atoms with van der Waals surface area (Å²) >= 11 is 0. The smallest absolute Gasteiger partial charge is 0.251 e. The van der Waals surface area contributed by atoms with Crippen LogP contribution in [0.4, 0.5) is 0 Å². The molecule has 47 heavy (non-hydrogen) atoms. The SMILES string of the molecule is CNC(=O)[C@@H]1C(c2ccccc2)C2(c3ccc(OC)cc3)Oc3cc(OC4OC([C@H](O)CO)COC4OC)cc(OC)c3[C@]2(O)[C@@H]1O. The molecular weight excluding hydrogens is 614 g/mol. The Balaban J connectivity index is 1.52. The maximum absolute atomic E-state index is 13.6. The van der Waals surface area contributed by atoms with E-state index >= 15 is 0 Å². The molecular formula is C34H39NO12. The van der Waals surface area contributed by atoms with Crippen molar-refractivity contribution >= 4 is 5.91 Å². The molecule has 252 valence electrons. The van der Waals surface area contributed by atoms with Crippen molar-refractivity contribution in [3.8, 4) is 23.0 Å². The van der Waals surface area contributed by atoms with Crippen LogP contribution in [-0.2, 0) is 30.2 Å². The van der Waals surface area contributed by atoms with E-state index < -0.39 is 66.4 Å². The summed E-state index contributed by atoms with van der Waals surface area (Å²) in [4.78, 5) is 13.6. The average molecular weight is 654 g/mol. The fraction of sp³-hybridized carbons (Fsp3) is 0.441. The predicted octanol–water partition coefficient (Wildman–Crippen LogP) is 1.15. The minimum Gasteiger partial charge on any atom is -0.497 e. The van der Waals surface area contributed by atoms with Crippen LogP contribution in [0.5, 0.6) is 23.0 Å². The Bertz CT molecular complexity index is 1570. The molecule has 5 N–H and O–H groups in total. The number of carbonyl (C=O) groups is 1. The third-order valence-electron chi connectivity index (χ3n) is 9.33. The van der Waals surface area contributed by atoms with Gasteiger partial charge in [-0.25, -0.2) is 0 Å². The molecule has 13 heteroatoms. The number of nitrogens with one attached hydrogen (secondary N) is 1. The van der Waals surface area contributed by atoms with Gasteiger partial charge in [0.25, 0.3) is 6.29 Å². The third-order valence-corrected chi connectivity index (χ3v) is 9.33. The van der Waals surface area contributed by atoms with Crippen molar-refractivity contribution in [3.05, 3.63) is 83.4 Å². The summed E-state index contributed by atoms with van der Waals surface area (Å²) in [7, 11) is 5.81. The summed E-state index contributed by atoms with van der Waals surface area (Å²) in [6.45, 7) is -0.591. The molecule has 2 aliphatic heterocycles. The van der Waals surface area contributed by atoms with Gasteiger partial charge in [-0.3, -0.25) is 4.79 Å². The number of hydrogen-bond donors (Lipinski definition) is 5. The first-order valence-electron chi connectivity index (χ1n) is 15.2. The molecule has 3 aromatic carbocycles. The van der Waals surface area contributed by atoms with Crippen LogP contribution < -0.4 is 24.3 Å². The van der Waals surface area contributed by atoms with Crippen LogP contribution in [0.15, 0.2) is 66.7 Å². The summed E-state index contributed by atoms with van der Waals surface area (Å²) in [6.07, 6.45) is -5.94. The maximum atomic E-state index is 13.6. The Kier molecular flexibility index (Phi) is 9.06. The number of aliphatic hydroxyl groups is 4. The number of ether oxygens (including phenoxy) is 7. The summed E-state index contributed by atoms with van der Waals surface area (Å²) < 4.78 is 41.1. The number of carbonyl (C=O) groups excluding carboxylic acids is 1. The first-order chi connectivity index (χ1) is 22.7. The molecule has 6 rings (SSSR count). The van der Waals surface area contributed by atoms with Crippen molar-refractivity contribution < 1.29 is 58.4 Å². The van der Waals surface area contributed by atoms with Crippen LogP contribution in [0.2, 0.25) is 0 Å². The molecule has 13 nitrogen and oxygen atoms in total. The van der Waals surface area contributed by atoms with Gasteiger partial charge in [0.05, 0.1) is 38.9 Å². The molecule has 5 unspecified atom stereocenters. The van der Waals surface area contributed by atoms with E-state index in [1.807, 2.05) is 30.3 Å². The monoisotopic (exact) mass is 653 g/mol. The molecule has 1 aliphatic carbocycles. The molecule has 2 fully saturated rings. The van der Waals surface area contributed by atoms with Gasteiger partial charge in [-0.05, 0) is 23.3 Å². The lowest BCUT2D eigenvalue weighted by molar-refractivity contribution is -0.324. The van der Waals surface area contributed by atoms with Gasteiger partial charge >= 0.3 is 0 Å². The third kappa shape index (κ3) is 5.10. The fourth-order valence-electron chi connectivity index (χ4n) is 7.17. The summed E-state index contributed by atoms with van der Waals surface area (Å²) in [6, 6.07) is 19.0. The molecule has 3 aromatic rings. The Hall–Kier alpha value is -3.95. The van der Waals surface area contributed by atoms with E-state index in [1.165, 1.54) is 40.5 Å². The maximum Gasteiger partial charge on any atom is 0.251 e. The zero-order valence-corrected chi connectivity index (χ0v) is 26.4. The number of aliphatic hydroxyl groups excluding tert-OH is 3. The van der Waals surface area contributed by atoms with E-state index in [2.05, 4.69) is 5.32 Å². The first-order valence-corrected chi connectivity index (χ1v) is 15.2. The van der Waals surface area contributed by atoms with Gasteiger partial charge < -0.3 is 58.9 Å². The molecule has 3 aliphatic rings. The molecule has 1 saturated heterocycles. The van der Waals surface area contributed by atoms with Crippen LogP contribution in [-0.4, -0.2) is 98.8 Å². The van der Waals surface area contributed by atoms with Gasteiger partial charge in [0.15, 0.2) is 11.2 Å². The predicted molar refractivity (Wildman–Crippen MR) is 164 cm³/mol. The summed E-state index contributed by atoms with van der Waals surface area (Å²) in [5.41, 5.74) is -2.71. The van der Waals surface area contributed by atoms with E-state index in [-0.39, 0.29) is 29.4 Å². The first kappa shape index (κ1) is 33.0. The molecule has 1 amide bonds. The summed E-state index contributed by atoms with van der Waals surface area (Å²) in [5.74, 6) is -1.56. The number of fused-ring (bicyclic) bond motifs is 3. The van der Waals surface area contributed by atoms with E-state index in [0.29, 0.717) is 16.9 Å². The molecule has 0 spiro atoms. The normalized spacial score (nSPS) is 31.7. The van der Waals surface area contributed by atoms with E-state index in [0.717, 1.165) is 0 Å². The Morgan fingerprint density at radius 2 is 1.74 bits per heavy atom. The number of rotatable bonds is 10. The molecule has 0 radical (unpaired) electrons. The van der Waals surface area contributed by atoms with Crippen LogP contribution >= 0.6 is 0 Å². The largest absolute Gasteiger partial charge is 0.497 e. The fourth-order valence-corrected chi connectivity index (χ4v) is 7.17. The van der Waals surface area contributed by atoms with Gasteiger partial charge in [0.2, 0.25) is 12.2 Å². The zero-order valence-electron chi connectivity index (χ0n) is 26.4. The van der Waals surface area contributed by atoms with Gasteiger partial charge in [-0.15, -0.1) is 0 Å². The zero-order chi connectivity index (χ0) is 33.5. The Morgan fingerprint density at radius 1 is 1.02 bits per heavy atom. The standard InChI is InChI=1S/C34H39NO12/c1-35-30(39)26-27(18-8-6-5-7-9-18)34(19-10-12-20(41-2)13-11-19)33(40,29(26)38)28-23(42-3)14-21(15-24(28)47-34)45-32-31(43-4)44-17-25(46-32)22(37)16-36/h5-15,22,25-27,29,31-32,36-38,40H,16-17H2,1-4H3,(H,35,39)/t22-,25?,26-,27?,29-,31?,32?,33+,34?/m1/s1. The number of hydrogen-bond acceptors (Lipinski definition) is 12. The van der Waals surface area contributed by atoms with Crippen LogP contribution in [0.25, 0.3) is 0 Å². The molecule has 0 bridgehead atoms. The topological polar surface area (TPSA) is 175 Å². The number of benzene rings is 3. The second-order valence-electron chi connectivity index (χ2n) is 11.7. The van der Waals surface area contributed by atoms with Crippen molar-refractivity contribution in [1.29, 1.82) is 0 Å². The molecule has 2 heterocycles. The highest BCUT2D eigenvalue weighted by molar-refractivity contribution is 5.83. The van der Waals surface area contributed by atoms with Crippen molar-refractivity contribution in [2.45, 2.75) is 48.0 Å². The lowest BCUT2D eigenvalue weighted by Crippen LogP contribution is -2.52. The molecule has 1 saturated carbocycles. The van der Waals surface area contributed by atoms with Crippen LogP contribution in [0.1, 0.15) is 22.6 Å². The average Bonchev–Trinajstić information content (AvgIpc) is 3.49. The van der Waals surface area contributed by atoms with E-state index in [1.54, 1.807) is 24.3 Å². The highest BCUT2D eigenvalue weighted by Crippen LogP contribution is 2.70. The van der Waals surface area contributed by atoms with E-state index in [4.69, 9.17) is 33.2 Å². The lowest BCUT2D eigenvalue weighted by Gasteiger charge is -2.40.